The summed E-state index contributed by atoms with van der Waals surface area (Å²) in [5.41, 5.74) is 0.541. The third-order valence-corrected chi connectivity index (χ3v) is 4.64. The van der Waals surface area contributed by atoms with E-state index in [0.29, 0.717) is 12.1 Å². The average Bonchev–Trinajstić information content (AvgIpc) is 3.00. The molecular weight excluding hydrogens is 352 g/mol. The van der Waals surface area contributed by atoms with Gasteiger partial charge >= 0.3 is 0 Å². The summed E-state index contributed by atoms with van der Waals surface area (Å²) in [7, 11) is 0. The smallest absolute Gasteiger partial charge is 0.252 e. The van der Waals surface area contributed by atoms with Crippen molar-refractivity contribution in [2.45, 2.75) is 18.8 Å². The number of carbonyl (C=O) groups is 1. The zero-order chi connectivity index (χ0) is 15.1. The lowest BCUT2D eigenvalue weighted by Crippen LogP contribution is -2.25. The number of rotatable bonds is 7. The third-order valence-electron chi connectivity index (χ3n) is 3.17. The quantitative estimate of drug-likeness (QED) is 0.788. The van der Waals surface area contributed by atoms with Gasteiger partial charge in [0.2, 0.25) is 0 Å². The number of hydrogen-bond donors (Lipinski definition) is 2. The highest BCUT2D eigenvalue weighted by Crippen LogP contribution is 2.26. The molecule has 0 saturated carbocycles. The van der Waals surface area contributed by atoms with Gasteiger partial charge in [-0.25, -0.2) is 0 Å². The Morgan fingerprint density at radius 1 is 1.43 bits per heavy atom. The molecule has 2 rings (SSSR count). The van der Waals surface area contributed by atoms with E-state index in [4.69, 9.17) is 5.11 Å². The van der Waals surface area contributed by atoms with E-state index in [-0.39, 0.29) is 18.4 Å². The summed E-state index contributed by atoms with van der Waals surface area (Å²) in [5.74, 6) is 0.161. The van der Waals surface area contributed by atoms with Crippen molar-refractivity contribution in [2.24, 2.45) is 0 Å². The fraction of sp³-hybridized carbons (Fsp3) is 0.333. The Bertz CT molecular complexity index is 575. The van der Waals surface area contributed by atoms with Crippen LogP contribution in [0.1, 0.15) is 34.0 Å². The molecule has 2 heterocycles. The zero-order valence-corrected chi connectivity index (χ0v) is 13.9. The van der Waals surface area contributed by atoms with Crippen LogP contribution < -0.4 is 5.32 Å². The first-order valence-electron chi connectivity index (χ1n) is 6.73. The number of aromatic nitrogens is 1. The Morgan fingerprint density at radius 2 is 2.29 bits per heavy atom. The second kappa shape index (κ2) is 8.26. The highest BCUT2D eigenvalue weighted by Gasteiger charge is 2.13. The van der Waals surface area contributed by atoms with E-state index < -0.39 is 0 Å². The van der Waals surface area contributed by atoms with Crippen molar-refractivity contribution in [3.63, 3.8) is 0 Å². The van der Waals surface area contributed by atoms with Crippen molar-refractivity contribution < 1.29 is 9.90 Å². The lowest BCUT2D eigenvalue weighted by atomic mass is 10.00. The predicted octanol–water partition coefficient (Wildman–Crippen LogP) is 3.19. The van der Waals surface area contributed by atoms with Crippen LogP contribution in [0.4, 0.5) is 0 Å². The van der Waals surface area contributed by atoms with Crippen LogP contribution in [0.2, 0.25) is 0 Å². The lowest BCUT2D eigenvalue weighted by molar-refractivity contribution is 0.0952. The number of nitrogens with zero attached hydrogens (tertiary/aromatic N) is 1. The monoisotopic (exact) mass is 368 g/mol. The van der Waals surface area contributed by atoms with Crippen molar-refractivity contribution in [2.75, 3.05) is 13.2 Å². The molecule has 112 valence electrons. The maximum Gasteiger partial charge on any atom is 0.252 e. The Labute approximate surface area is 136 Å². The van der Waals surface area contributed by atoms with Crippen molar-refractivity contribution in [1.29, 1.82) is 0 Å². The molecule has 21 heavy (non-hydrogen) atoms. The molecule has 0 fully saturated rings. The normalized spacial score (nSPS) is 12.1. The van der Waals surface area contributed by atoms with Crippen LogP contribution in [0.25, 0.3) is 0 Å². The Morgan fingerprint density at radius 3 is 2.95 bits per heavy atom. The van der Waals surface area contributed by atoms with E-state index in [0.717, 1.165) is 17.3 Å². The number of pyridine rings is 1. The molecule has 0 bridgehead atoms. The van der Waals surface area contributed by atoms with Gasteiger partial charge in [-0.1, -0.05) is 6.07 Å². The molecule has 0 aliphatic heterocycles. The van der Waals surface area contributed by atoms with Gasteiger partial charge in [0.05, 0.1) is 5.56 Å². The molecule has 0 radical (unpaired) electrons. The number of nitrogens with one attached hydrogen (secondary N) is 1. The van der Waals surface area contributed by atoms with Crippen molar-refractivity contribution in [3.05, 3.63) is 50.9 Å². The molecule has 4 nitrogen and oxygen atoms in total. The molecular formula is C15H17BrN2O2S. The van der Waals surface area contributed by atoms with E-state index >= 15 is 0 Å². The predicted molar refractivity (Wildman–Crippen MR) is 87.7 cm³/mol. The Kier molecular flexibility index (Phi) is 6.35. The molecule has 0 spiro atoms. The maximum absolute atomic E-state index is 12.0. The average molecular weight is 369 g/mol. The van der Waals surface area contributed by atoms with Crippen molar-refractivity contribution in [1.82, 2.24) is 10.3 Å². The van der Waals surface area contributed by atoms with Gasteiger partial charge in [-0.2, -0.15) is 0 Å². The first kappa shape index (κ1) is 16.1. The zero-order valence-electron chi connectivity index (χ0n) is 11.5. The van der Waals surface area contributed by atoms with Gasteiger partial charge in [0.25, 0.3) is 5.91 Å². The molecule has 0 saturated heterocycles. The van der Waals surface area contributed by atoms with Gasteiger partial charge in [-0.3, -0.25) is 9.78 Å². The number of thiophene rings is 1. The summed E-state index contributed by atoms with van der Waals surface area (Å²) >= 11 is 4.99. The van der Waals surface area contributed by atoms with Crippen LogP contribution in [0, 0.1) is 0 Å². The molecule has 1 amide bonds. The summed E-state index contributed by atoms with van der Waals surface area (Å²) in [6.45, 7) is 0.736. The summed E-state index contributed by atoms with van der Waals surface area (Å²) in [4.78, 5) is 17.2. The first-order valence-corrected chi connectivity index (χ1v) is 8.41. The minimum Gasteiger partial charge on any atom is -0.396 e. The van der Waals surface area contributed by atoms with E-state index in [2.05, 4.69) is 32.3 Å². The maximum atomic E-state index is 12.0. The molecule has 2 aromatic rings. The van der Waals surface area contributed by atoms with Gasteiger partial charge in [0.15, 0.2) is 0 Å². The van der Waals surface area contributed by atoms with Crippen LogP contribution in [-0.4, -0.2) is 29.1 Å². The number of halogens is 1. The minimum absolute atomic E-state index is 0.127. The minimum atomic E-state index is -0.127. The lowest BCUT2D eigenvalue weighted by Gasteiger charge is -2.14. The fourth-order valence-corrected chi connectivity index (χ4v) is 3.37. The molecule has 1 atom stereocenters. The largest absolute Gasteiger partial charge is 0.396 e. The van der Waals surface area contributed by atoms with Crippen molar-refractivity contribution >= 4 is 33.2 Å². The number of amides is 1. The molecule has 0 aromatic carbocycles. The second-order valence-electron chi connectivity index (χ2n) is 4.66. The summed E-state index contributed by atoms with van der Waals surface area (Å²) in [6.07, 6.45) is 4.72. The summed E-state index contributed by atoms with van der Waals surface area (Å²) in [6, 6.07) is 5.83. The Balaban J connectivity index is 1.86. The highest BCUT2D eigenvalue weighted by molar-refractivity contribution is 9.10. The topological polar surface area (TPSA) is 62.2 Å². The SMILES string of the molecule is O=C(NCCC(CCO)c1cccs1)c1cncc(Br)c1. The number of aliphatic hydroxyl groups excluding tert-OH is 1. The van der Waals surface area contributed by atoms with E-state index in [1.807, 2.05) is 11.4 Å². The second-order valence-corrected chi connectivity index (χ2v) is 6.56. The summed E-state index contributed by atoms with van der Waals surface area (Å²) in [5, 5.41) is 14.1. The fourth-order valence-electron chi connectivity index (χ4n) is 2.11. The molecule has 2 N–H and O–H groups in total. The highest BCUT2D eigenvalue weighted by atomic mass is 79.9. The summed E-state index contributed by atoms with van der Waals surface area (Å²) < 4.78 is 0.784. The third kappa shape index (κ3) is 4.91. The molecule has 2 aromatic heterocycles. The molecule has 6 heteroatoms. The van der Waals surface area contributed by atoms with Crippen LogP contribution >= 0.6 is 27.3 Å². The molecule has 1 unspecified atom stereocenters. The van der Waals surface area contributed by atoms with E-state index in [9.17, 15) is 4.79 Å². The van der Waals surface area contributed by atoms with Gasteiger partial charge < -0.3 is 10.4 Å². The number of hydrogen-bond acceptors (Lipinski definition) is 4. The Hall–Kier alpha value is -1.24. The number of carbonyl (C=O) groups excluding carboxylic acids is 1. The number of aliphatic hydroxyl groups is 1. The van der Waals surface area contributed by atoms with Crippen LogP contribution in [-0.2, 0) is 0 Å². The molecule has 0 aliphatic carbocycles. The van der Waals surface area contributed by atoms with Gasteiger partial charge in [0, 0.05) is 34.9 Å². The standard InChI is InChI=1S/C15H17BrN2O2S/c16-13-8-12(9-17-10-13)15(20)18-5-3-11(4-6-19)14-2-1-7-21-14/h1-2,7-11,19H,3-6H2,(H,18,20). The van der Waals surface area contributed by atoms with Gasteiger partial charge in [-0.15, -0.1) is 11.3 Å². The van der Waals surface area contributed by atoms with Crippen molar-refractivity contribution in [3.8, 4) is 0 Å². The van der Waals surface area contributed by atoms with E-state index in [1.54, 1.807) is 29.8 Å². The van der Waals surface area contributed by atoms with Gasteiger partial charge in [-0.05, 0) is 52.2 Å². The van der Waals surface area contributed by atoms with Crippen LogP contribution in [0.15, 0.2) is 40.4 Å². The van der Waals surface area contributed by atoms with Crippen LogP contribution in [0.5, 0.6) is 0 Å². The molecule has 0 aliphatic rings. The van der Waals surface area contributed by atoms with E-state index in [1.165, 1.54) is 4.88 Å². The first-order chi connectivity index (χ1) is 10.2. The van der Waals surface area contributed by atoms with Crippen LogP contribution in [0.3, 0.4) is 0 Å². The van der Waals surface area contributed by atoms with Gasteiger partial charge in [0.1, 0.15) is 0 Å².